The third-order valence-corrected chi connectivity index (χ3v) is 4.21. The molecule has 0 radical (unpaired) electrons. The van der Waals surface area contributed by atoms with E-state index in [0.717, 1.165) is 4.90 Å². The number of hydrogen-bond acceptors (Lipinski definition) is 4. The van der Waals surface area contributed by atoms with Crippen LogP contribution >= 0.6 is 23.2 Å². The first-order chi connectivity index (χ1) is 11.2. The van der Waals surface area contributed by atoms with Crippen molar-refractivity contribution < 1.29 is 14.4 Å². The number of benzene rings is 1. The third kappa shape index (κ3) is 4.04. The van der Waals surface area contributed by atoms with Gasteiger partial charge in [-0.25, -0.2) is 10.2 Å². The lowest BCUT2D eigenvalue weighted by Crippen LogP contribution is -2.40. The van der Waals surface area contributed by atoms with Gasteiger partial charge in [0.25, 0.3) is 5.91 Å². The average Bonchev–Trinajstić information content (AvgIpc) is 2.70. The largest absolute Gasteiger partial charge is 0.325 e. The Kier molecular flexibility index (Phi) is 5.46. The van der Waals surface area contributed by atoms with Crippen molar-refractivity contribution in [2.45, 2.75) is 25.8 Å². The summed E-state index contributed by atoms with van der Waals surface area (Å²) in [6, 6.07) is 4.53. The van der Waals surface area contributed by atoms with Gasteiger partial charge in [-0.3, -0.25) is 14.5 Å². The normalized spacial score (nSPS) is 16.6. The number of carbonyl (C=O) groups is 3. The Balaban J connectivity index is 1.86. The van der Waals surface area contributed by atoms with E-state index >= 15 is 0 Å². The standard InChI is InChI=1S/C15H16Cl2N4O3/c1-15(2)13(23)21(14(24)19-15)7-6-11(22)20-18-8-9-4-3-5-10(16)12(9)17/h3-5,8H,6-7H2,1-2H3,(H,19,24)(H,20,22)/b18-8-. The van der Waals surface area contributed by atoms with Gasteiger partial charge >= 0.3 is 6.03 Å². The van der Waals surface area contributed by atoms with Crippen LogP contribution in [-0.2, 0) is 9.59 Å². The first kappa shape index (κ1) is 18.2. The summed E-state index contributed by atoms with van der Waals surface area (Å²) in [6.45, 7) is 3.19. The Hall–Kier alpha value is -2.12. The van der Waals surface area contributed by atoms with Gasteiger partial charge in [-0.15, -0.1) is 0 Å². The fourth-order valence-electron chi connectivity index (χ4n) is 2.08. The lowest BCUT2D eigenvalue weighted by atomic mass is 10.1. The molecule has 1 heterocycles. The molecule has 1 aromatic rings. The highest BCUT2D eigenvalue weighted by Gasteiger charge is 2.43. The summed E-state index contributed by atoms with van der Waals surface area (Å²) in [5.74, 6) is -0.802. The van der Waals surface area contributed by atoms with E-state index in [2.05, 4.69) is 15.8 Å². The van der Waals surface area contributed by atoms with Gasteiger partial charge in [0.15, 0.2) is 0 Å². The van der Waals surface area contributed by atoms with Crippen molar-refractivity contribution in [1.82, 2.24) is 15.6 Å². The van der Waals surface area contributed by atoms with Crippen molar-refractivity contribution in [3.8, 4) is 0 Å². The topological polar surface area (TPSA) is 90.9 Å². The van der Waals surface area contributed by atoms with Crippen LogP contribution in [0.4, 0.5) is 4.79 Å². The second-order valence-electron chi connectivity index (χ2n) is 5.70. The van der Waals surface area contributed by atoms with E-state index < -0.39 is 17.5 Å². The molecule has 1 aromatic carbocycles. The highest BCUT2D eigenvalue weighted by atomic mass is 35.5. The van der Waals surface area contributed by atoms with E-state index in [1.165, 1.54) is 6.21 Å². The van der Waals surface area contributed by atoms with Crippen LogP contribution in [0, 0.1) is 0 Å². The van der Waals surface area contributed by atoms with Gasteiger partial charge in [-0.1, -0.05) is 35.3 Å². The number of carbonyl (C=O) groups excluding carboxylic acids is 3. The number of hydrogen-bond donors (Lipinski definition) is 2. The molecular weight excluding hydrogens is 355 g/mol. The molecule has 4 amide bonds. The number of hydrazone groups is 1. The highest BCUT2D eigenvalue weighted by molar-refractivity contribution is 6.43. The maximum atomic E-state index is 12.0. The molecule has 0 aliphatic carbocycles. The van der Waals surface area contributed by atoms with Crippen molar-refractivity contribution in [2.24, 2.45) is 5.10 Å². The lowest BCUT2D eigenvalue weighted by molar-refractivity contribution is -0.130. The number of nitrogens with one attached hydrogen (secondary N) is 2. The van der Waals surface area contributed by atoms with Crippen LogP contribution in [0.5, 0.6) is 0 Å². The monoisotopic (exact) mass is 370 g/mol. The molecule has 9 heteroatoms. The maximum absolute atomic E-state index is 12.0. The minimum Gasteiger partial charge on any atom is -0.324 e. The zero-order valence-electron chi connectivity index (χ0n) is 13.1. The quantitative estimate of drug-likeness (QED) is 0.472. The summed E-state index contributed by atoms with van der Waals surface area (Å²) >= 11 is 11.9. The molecule has 0 atom stereocenters. The number of imide groups is 1. The number of urea groups is 1. The Morgan fingerprint density at radius 3 is 2.71 bits per heavy atom. The predicted molar refractivity (Wildman–Crippen MR) is 91.1 cm³/mol. The molecule has 0 saturated carbocycles. The van der Waals surface area contributed by atoms with Crippen LogP contribution in [0.15, 0.2) is 23.3 Å². The molecule has 0 spiro atoms. The van der Waals surface area contributed by atoms with Crippen molar-refractivity contribution in [1.29, 1.82) is 0 Å². The van der Waals surface area contributed by atoms with Crippen molar-refractivity contribution in [3.63, 3.8) is 0 Å². The zero-order chi connectivity index (χ0) is 17.9. The van der Waals surface area contributed by atoms with E-state index in [1.807, 2.05) is 0 Å². The molecule has 1 aliphatic rings. The molecule has 1 aliphatic heterocycles. The fourth-order valence-corrected chi connectivity index (χ4v) is 2.44. The van der Waals surface area contributed by atoms with Gasteiger partial charge in [0.1, 0.15) is 5.54 Å². The molecule has 128 valence electrons. The molecule has 0 bridgehead atoms. The van der Waals surface area contributed by atoms with Crippen LogP contribution in [0.2, 0.25) is 10.0 Å². The second-order valence-corrected chi connectivity index (χ2v) is 6.48. The van der Waals surface area contributed by atoms with E-state index in [9.17, 15) is 14.4 Å². The van der Waals surface area contributed by atoms with Gasteiger partial charge < -0.3 is 5.32 Å². The highest BCUT2D eigenvalue weighted by Crippen LogP contribution is 2.24. The summed E-state index contributed by atoms with van der Waals surface area (Å²) in [4.78, 5) is 36.4. The lowest BCUT2D eigenvalue weighted by Gasteiger charge is -2.15. The van der Waals surface area contributed by atoms with Crippen LogP contribution < -0.4 is 10.7 Å². The van der Waals surface area contributed by atoms with Crippen LogP contribution in [0.1, 0.15) is 25.8 Å². The number of halogens is 2. The van der Waals surface area contributed by atoms with Crippen LogP contribution in [0.3, 0.4) is 0 Å². The number of rotatable bonds is 5. The van der Waals surface area contributed by atoms with Crippen molar-refractivity contribution in [3.05, 3.63) is 33.8 Å². The van der Waals surface area contributed by atoms with Crippen LogP contribution in [-0.4, -0.2) is 41.0 Å². The average molecular weight is 371 g/mol. The number of nitrogens with zero attached hydrogens (tertiary/aromatic N) is 2. The van der Waals surface area contributed by atoms with Crippen LogP contribution in [0.25, 0.3) is 0 Å². The van der Waals surface area contributed by atoms with Gasteiger partial charge in [0, 0.05) is 18.5 Å². The summed E-state index contributed by atoms with van der Waals surface area (Å²) in [5, 5.41) is 7.04. The van der Waals surface area contributed by atoms with E-state index in [0.29, 0.717) is 15.6 Å². The van der Waals surface area contributed by atoms with Gasteiger partial charge in [-0.2, -0.15) is 5.10 Å². The number of amides is 4. The minimum atomic E-state index is -0.949. The smallest absolute Gasteiger partial charge is 0.324 e. The first-order valence-electron chi connectivity index (χ1n) is 7.12. The fraction of sp³-hybridized carbons (Fsp3) is 0.333. The molecular formula is C15H16Cl2N4O3. The minimum absolute atomic E-state index is 0.0205. The predicted octanol–water partition coefficient (Wildman–Crippen LogP) is 2.16. The third-order valence-electron chi connectivity index (χ3n) is 3.38. The molecule has 1 saturated heterocycles. The Morgan fingerprint density at radius 2 is 2.08 bits per heavy atom. The molecule has 24 heavy (non-hydrogen) atoms. The van der Waals surface area contributed by atoms with Gasteiger partial charge in [-0.05, 0) is 19.9 Å². The van der Waals surface area contributed by atoms with Crippen molar-refractivity contribution >= 4 is 47.3 Å². The molecule has 0 aromatic heterocycles. The molecule has 0 unspecified atom stereocenters. The molecule has 1 fully saturated rings. The Labute approximate surface area is 149 Å². The van der Waals surface area contributed by atoms with E-state index in [-0.39, 0.29) is 18.9 Å². The van der Waals surface area contributed by atoms with E-state index in [1.54, 1.807) is 32.0 Å². The SMILES string of the molecule is CC1(C)NC(=O)N(CCC(=O)N/N=C\c2cccc(Cl)c2Cl)C1=O. The maximum Gasteiger partial charge on any atom is 0.325 e. The summed E-state index contributed by atoms with van der Waals surface area (Å²) in [5.41, 5.74) is 1.92. The van der Waals surface area contributed by atoms with Crippen molar-refractivity contribution in [2.75, 3.05) is 6.54 Å². The molecule has 2 rings (SSSR count). The van der Waals surface area contributed by atoms with Gasteiger partial charge in [0.2, 0.25) is 5.91 Å². The van der Waals surface area contributed by atoms with Gasteiger partial charge in [0.05, 0.1) is 16.3 Å². The summed E-state index contributed by atoms with van der Waals surface area (Å²) in [7, 11) is 0. The summed E-state index contributed by atoms with van der Waals surface area (Å²) < 4.78 is 0. The second kappa shape index (κ2) is 7.19. The summed E-state index contributed by atoms with van der Waals surface area (Å²) in [6.07, 6.45) is 1.30. The Bertz CT molecular complexity index is 719. The van der Waals surface area contributed by atoms with E-state index in [4.69, 9.17) is 23.2 Å². The Morgan fingerprint density at radius 1 is 1.38 bits per heavy atom. The zero-order valence-corrected chi connectivity index (χ0v) is 14.6. The molecule has 7 nitrogen and oxygen atoms in total. The molecule has 2 N–H and O–H groups in total. The first-order valence-corrected chi connectivity index (χ1v) is 7.88.